The quantitative estimate of drug-likeness (QED) is 0.0735. The predicted molar refractivity (Wildman–Crippen MR) is 358 cm³/mol. The Kier molecular flexibility index (Phi) is 36.2. The number of carbonyl (C=O) groups excluding carboxylic acids is 8. The average Bonchev–Trinajstić information content (AvgIpc) is 1.88. The second-order valence-corrected chi connectivity index (χ2v) is 18.4. The highest BCUT2D eigenvalue weighted by Gasteiger charge is 2.10. The highest BCUT2D eigenvalue weighted by molar-refractivity contribution is 6.31. The molecular weight excluding hydrogens is 1230 g/mol. The Labute approximate surface area is 549 Å². The summed E-state index contributed by atoms with van der Waals surface area (Å²) in [6.45, 7) is 3.92. The minimum atomic E-state index is -0.496. The number of halogens is 4. The molecule has 0 heterocycles. The van der Waals surface area contributed by atoms with Gasteiger partial charge in [-0.3, -0.25) is 38.4 Å². The third-order valence-electron chi connectivity index (χ3n) is 11.1. The lowest BCUT2D eigenvalue weighted by molar-refractivity contribution is 0.104. The summed E-state index contributed by atoms with van der Waals surface area (Å²) in [6.07, 6.45) is 39.3. The van der Waals surface area contributed by atoms with Crippen molar-refractivity contribution < 1.29 is 66.5 Å². The van der Waals surface area contributed by atoms with Gasteiger partial charge in [0, 0.05) is 54.6 Å². The van der Waals surface area contributed by atoms with E-state index in [1.54, 1.807) is 91.0 Å². The zero-order valence-electron chi connectivity index (χ0n) is 50.4. The van der Waals surface area contributed by atoms with Crippen molar-refractivity contribution in [3.63, 3.8) is 0 Å². The summed E-state index contributed by atoms with van der Waals surface area (Å²) in [7, 11) is 4.46. The van der Waals surface area contributed by atoms with E-state index < -0.39 is 23.2 Å². The molecule has 8 aromatic carbocycles. The second kappa shape index (κ2) is 43.0. The van der Waals surface area contributed by atoms with Crippen LogP contribution >= 0.6 is 23.2 Å². The molecule has 93 heavy (non-hydrogen) atoms. The van der Waals surface area contributed by atoms with Crippen LogP contribution in [0, 0.1) is 124 Å². The maximum absolute atomic E-state index is 12.4. The van der Waals surface area contributed by atoms with Gasteiger partial charge in [-0.15, -0.1) is 51.4 Å². The van der Waals surface area contributed by atoms with Gasteiger partial charge in [-0.05, 0) is 170 Å². The first-order chi connectivity index (χ1) is 44.3. The molecule has 8 rings (SSSR count). The van der Waals surface area contributed by atoms with Gasteiger partial charge in [-0.25, -0.2) is 8.78 Å². The molecule has 0 saturated carbocycles. The molecule has 0 unspecified atom stereocenters. The summed E-state index contributed by atoms with van der Waals surface area (Å²) in [5.41, 5.74) is 5.62. The molecule has 0 aromatic heterocycles. The van der Waals surface area contributed by atoms with Crippen LogP contribution in [-0.4, -0.2) is 72.7 Å². The van der Waals surface area contributed by atoms with Gasteiger partial charge in [-0.1, -0.05) is 107 Å². The van der Waals surface area contributed by atoms with Crippen LogP contribution in [-0.2, 0) is 0 Å². The molecule has 0 bridgehead atoms. The molecular formula is C77H54Cl2F2O12. The highest BCUT2D eigenvalue weighted by atomic mass is 35.5. The van der Waals surface area contributed by atoms with Crippen molar-refractivity contribution in [3.8, 4) is 122 Å². The Morgan fingerprint density at radius 3 is 0.946 bits per heavy atom. The van der Waals surface area contributed by atoms with Crippen LogP contribution in [0.3, 0.4) is 0 Å². The number of ketones is 8. The van der Waals surface area contributed by atoms with E-state index >= 15 is 0 Å². The summed E-state index contributed by atoms with van der Waals surface area (Å²) in [5.74, 6) is 13.5. The van der Waals surface area contributed by atoms with E-state index in [4.69, 9.17) is 88.8 Å². The Bertz CT molecular complexity index is 3960. The van der Waals surface area contributed by atoms with Crippen LogP contribution in [0.1, 0.15) is 94.0 Å². The number of benzene rings is 8. The number of Topliss-reactive ketones (excluding diaryl/α,β-unsaturated/α-hetero) is 8. The van der Waals surface area contributed by atoms with Crippen LogP contribution in [0.25, 0.3) is 0 Å². The van der Waals surface area contributed by atoms with Crippen molar-refractivity contribution in [3.05, 3.63) is 259 Å². The molecule has 8 aromatic rings. The fraction of sp³-hybridized carbons (Fsp3) is 0.0649. The highest BCUT2D eigenvalue weighted by Crippen LogP contribution is 2.28. The number of aromatic hydroxyl groups is 1. The van der Waals surface area contributed by atoms with Gasteiger partial charge < -0.3 is 19.3 Å². The van der Waals surface area contributed by atoms with E-state index in [-0.39, 0.29) is 51.6 Å². The van der Waals surface area contributed by atoms with Crippen molar-refractivity contribution in [2.24, 2.45) is 0 Å². The molecule has 12 nitrogen and oxygen atoms in total. The average molecular weight is 1280 g/mol. The predicted octanol–water partition coefficient (Wildman–Crippen LogP) is 14.0. The molecule has 1 N–H and O–H groups in total. The van der Waals surface area contributed by atoms with Crippen LogP contribution in [0.15, 0.2) is 182 Å². The van der Waals surface area contributed by atoms with E-state index in [0.717, 1.165) is 17.2 Å². The first kappa shape index (κ1) is 78.3. The van der Waals surface area contributed by atoms with Gasteiger partial charge in [0.05, 0.1) is 21.3 Å². The minimum Gasteiger partial charge on any atom is -0.504 e. The Morgan fingerprint density at radius 1 is 0.323 bits per heavy atom. The van der Waals surface area contributed by atoms with Crippen molar-refractivity contribution in [1.29, 1.82) is 0 Å². The fourth-order valence-electron chi connectivity index (χ4n) is 6.35. The van der Waals surface area contributed by atoms with Gasteiger partial charge in [0.15, 0.2) is 23.0 Å². The summed E-state index contributed by atoms with van der Waals surface area (Å²) in [6, 6.07) is 46.9. The molecule has 0 atom stereocenters. The molecule has 16 heteroatoms. The zero-order valence-corrected chi connectivity index (χ0v) is 51.9. The first-order valence-electron chi connectivity index (χ1n) is 26.2. The number of aryl methyl sites for hydroxylation is 2. The van der Waals surface area contributed by atoms with E-state index in [9.17, 15) is 52.2 Å². The minimum absolute atomic E-state index is 0.0939. The van der Waals surface area contributed by atoms with E-state index in [1.165, 1.54) is 82.0 Å². The van der Waals surface area contributed by atoms with Crippen LogP contribution in [0.5, 0.6) is 23.0 Å². The SMILES string of the molecule is C#CC(=O)c1ccc(C)cc1.C#CC(=O)c1ccc(C)cc1.C#CC(=O)c1ccc(Cl)cc1.C#CC(=O)c1ccc(F)cc1.C#CC(=O)c1ccc(OC)c(O)c1.C#CC(=O)c1ccc(OC)c(OC)c1.C#CC(=O)c1cccc(Cl)c1.C#CC(=O)c1cccc(F)c1. The first-order valence-corrected chi connectivity index (χ1v) is 26.9. The largest absolute Gasteiger partial charge is 0.504 e. The Morgan fingerprint density at radius 2 is 0.613 bits per heavy atom. The molecule has 0 aliphatic heterocycles. The number of terminal acetylenes is 8. The lowest BCUT2D eigenvalue weighted by Gasteiger charge is -2.07. The van der Waals surface area contributed by atoms with Gasteiger partial charge in [0.1, 0.15) is 11.6 Å². The van der Waals surface area contributed by atoms with E-state index in [2.05, 4.69) is 11.8 Å². The lowest BCUT2D eigenvalue weighted by Crippen LogP contribution is -1.97. The Hall–Kier alpha value is -12.8. The monoisotopic (exact) mass is 1280 g/mol. The normalized spacial score (nSPS) is 8.78. The fourth-order valence-corrected chi connectivity index (χ4v) is 6.66. The molecule has 0 radical (unpaired) electrons. The molecule has 0 fully saturated rings. The number of phenolic OH excluding ortho intramolecular Hbond substituents is 1. The molecule has 0 aliphatic carbocycles. The summed E-state index contributed by atoms with van der Waals surface area (Å²) in [4.78, 5) is 87.1. The maximum Gasteiger partial charge on any atom is 0.235 e. The lowest BCUT2D eigenvalue weighted by atomic mass is 10.1. The van der Waals surface area contributed by atoms with Crippen molar-refractivity contribution in [1.82, 2.24) is 0 Å². The van der Waals surface area contributed by atoms with Crippen molar-refractivity contribution >= 4 is 69.5 Å². The molecule has 0 spiro atoms. The summed E-state index contributed by atoms with van der Waals surface area (Å²) >= 11 is 11.2. The molecule has 462 valence electrons. The number of carbonyl (C=O) groups is 8. The number of rotatable bonds is 11. The summed E-state index contributed by atoms with van der Waals surface area (Å²) in [5, 5.41) is 10.4. The number of hydrogen-bond acceptors (Lipinski definition) is 12. The smallest absolute Gasteiger partial charge is 0.235 e. The van der Waals surface area contributed by atoms with Crippen molar-refractivity contribution in [2.45, 2.75) is 13.8 Å². The standard InChI is InChI=1S/C11H10O3.C10H8O3.2C10H8O.2C9H5ClO.2C9H5FO/c1-4-9(12)8-5-6-10(13-2)11(7-8)14-3;1-3-8(11)7-4-5-10(13-2)9(12)6-7;2*1-3-10(11)9-6-4-8(2)5-7-9;1-2-9(11)7-3-5-8(10)6-4-7;1-2-9(11)7-4-3-5-8(10)6-7;1-2-9(11)7-3-5-8(10)6-4-7;1-2-9(11)7-4-3-5-8(10)6-7/h1,5-7H,2-3H3;1,4-6,12H,2H3;2*1,4-7H,2H3;4*1,3-6H. The number of phenols is 1. The number of ether oxygens (including phenoxy) is 3. The van der Waals surface area contributed by atoms with Gasteiger partial charge in [0.25, 0.3) is 0 Å². The number of methoxy groups -OCH3 is 3. The van der Waals surface area contributed by atoms with Gasteiger partial charge >= 0.3 is 0 Å². The van der Waals surface area contributed by atoms with Crippen LogP contribution in [0.2, 0.25) is 10.0 Å². The van der Waals surface area contributed by atoms with Gasteiger partial charge in [0.2, 0.25) is 46.3 Å². The van der Waals surface area contributed by atoms with Crippen LogP contribution in [0.4, 0.5) is 8.78 Å². The summed E-state index contributed by atoms with van der Waals surface area (Å²) < 4.78 is 39.6. The second-order valence-electron chi connectivity index (χ2n) is 17.5. The van der Waals surface area contributed by atoms with Gasteiger partial charge in [-0.2, -0.15) is 0 Å². The Balaban J connectivity index is 0.000000532. The van der Waals surface area contributed by atoms with E-state index in [0.29, 0.717) is 60.7 Å². The van der Waals surface area contributed by atoms with E-state index in [1.807, 2.05) is 73.6 Å². The third-order valence-corrected chi connectivity index (χ3v) is 11.6. The van der Waals surface area contributed by atoms with Crippen LogP contribution < -0.4 is 14.2 Å². The molecule has 0 amide bonds. The zero-order chi connectivity index (χ0) is 70.0. The number of hydrogen-bond donors (Lipinski definition) is 1. The molecule has 0 aliphatic rings. The third kappa shape index (κ3) is 29.2. The topological polar surface area (TPSA) is 184 Å². The molecule has 0 saturated heterocycles. The maximum atomic E-state index is 12.4. The van der Waals surface area contributed by atoms with Crippen molar-refractivity contribution in [2.75, 3.05) is 21.3 Å².